The van der Waals surface area contributed by atoms with Crippen molar-refractivity contribution in [2.75, 3.05) is 26.2 Å². The fraction of sp³-hybridized carbons (Fsp3) is 0.423. The molecule has 3 aromatic rings. The van der Waals surface area contributed by atoms with Gasteiger partial charge in [0.1, 0.15) is 22.7 Å². The van der Waals surface area contributed by atoms with Gasteiger partial charge in [0, 0.05) is 29.6 Å². The molecule has 2 aromatic carbocycles. The Morgan fingerprint density at radius 3 is 2.72 bits per heavy atom. The van der Waals surface area contributed by atoms with Gasteiger partial charge in [-0.15, -0.1) is 0 Å². The lowest BCUT2D eigenvalue weighted by atomic mass is 9.66. The Hall–Kier alpha value is -2.83. The summed E-state index contributed by atoms with van der Waals surface area (Å²) in [6.07, 6.45) is 3.33. The number of ether oxygens (including phenoxy) is 1. The summed E-state index contributed by atoms with van der Waals surface area (Å²) in [5, 5.41) is 21.1. The molecule has 1 spiro atoms. The summed E-state index contributed by atoms with van der Waals surface area (Å²) in [6, 6.07) is 12.9. The van der Waals surface area contributed by atoms with Gasteiger partial charge in [-0.3, -0.25) is 0 Å². The van der Waals surface area contributed by atoms with Gasteiger partial charge in [0.05, 0.1) is 12.7 Å². The molecule has 2 fully saturated rings. The molecule has 0 bridgehead atoms. The van der Waals surface area contributed by atoms with Crippen LogP contribution in [0.1, 0.15) is 42.1 Å². The second-order valence-corrected chi connectivity index (χ2v) is 9.17. The first-order valence-corrected chi connectivity index (χ1v) is 11.4. The van der Waals surface area contributed by atoms with E-state index in [2.05, 4.69) is 4.90 Å². The summed E-state index contributed by atoms with van der Waals surface area (Å²) >= 11 is 0. The minimum atomic E-state index is -0.444. The normalized spacial score (nSPS) is 23.0. The Bertz CT molecular complexity index is 1130. The quantitative estimate of drug-likeness (QED) is 0.560. The van der Waals surface area contributed by atoms with Gasteiger partial charge < -0.3 is 24.3 Å². The van der Waals surface area contributed by atoms with Gasteiger partial charge in [-0.25, -0.2) is 4.79 Å². The van der Waals surface area contributed by atoms with E-state index in [1.165, 1.54) is 0 Å². The summed E-state index contributed by atoms with van der Waals surface area (Å²) in [6.45, 7) is 4.79. The van der Waals surface area contributed by atoms with Gasteiger partial charge in [-0.2, -0.15) is 0 Å². The van der Waals surface area contributed by atoms with E-state index in [-0.39, 0.29) is 23.9 Å². The van der Waals surface area contributed by atoms with Crippen LogP contribution in [-0.4, -0.2) is 53.4 Å². The fourth-order valence-electron chi connectivity index (χ4n) is 5.45. The van der Waals surface area contributed by atoms with E-state index in [1.54, 1.807) is 19.1 Å². The van der Waals surface area contributed by atoms with Crippen LogP contribution in [0.15, 0.2) is 46.9 Å². The molecule has 0 radical (unpaired) electrons. The van der Waals surface area contributed by atoms with E-state index in [1.807, 2.05) is 30.3 Å². The zero-order valence-corrected chi connectivity index (χ0v) is 18.3. The van der Waals surface area contributed by atoms with Gasteiger partial charge in [0.2, 0.25) is 0 Å². The number of phenols is 1. The third-order valence-corrected chi connectivity index (χ3v) is 6.99. The lowest BCUT2D eigenvalue weighted by molar-refractivity contribution is -0.0250. The molecular weight excluding hydrogens is 406 g/mol. The number of nitrogens with zero attached hydrogens (tertiary/aromatic N) is 1. The first-order chi connectivity index (χ1) is 15.5. The second kappa shape index (κ2) is 8.26. The number of fused-ring (bicyclic) bond motifs is 1. The van der Waals surface area contributed by atoms with Crippen LogP contribution in [0.3, 0.4) is 0 Å². The van der Waals surface area contributed by atoms with Crippen molar-refractivity contribution >= 4 is 16.9 Å². The summed E-state index contributed by atoms with van der Waals surface area (Å²) in [4.78, 5) is 15.4. The number of phenolic OH excluding ortho intramolecular Hbond substituents is 1. The molecule has 1 aliphatic carbocycles. The maximum absolute atomic E-state index is 13.0. The zero-order chi connectivity index (χ0) is 22.3. The third-order valence-electron chi connectivity index (χ3n) is 6.99. The van der Waals surface area contributed by atoms with Crippen LogP contribution in [-0.2, 0) is 11.2 Å². The highest BCUT2D eigenvalue weighted by Crippen LogP contribution is 2.48. The van der Waals surface area contributed by atoms with Gasteiger partial charge in [0.25, 0.3) is 0 Å². The summed E-state index contributed by atoms with van der Waals surface area (Å²) < 4.78 is 11.5. The molecule has 0 atom stereocenters. The molecule has 1 aliphatic heterocycles. The SMILES string of the molecule is CCOC(=O)c1c(-c2ccccc2)oc2ccc(O)c(CCN3CCC4(CC(O)C4)C3)c12. The fourth-order valence-corrected chi connectivity index (χ4v) is 5.45. The van der Waals surface area contributed by atoms with Crippen LogP contribution in [0.2, 0.25) is 0 Å². The average Bonchev–Trinajstić information content (AvgIpc) is 3.36. The van der Waals surface area contributed by atoms with Gasteiger partial charge in [-0.05, 0) is 56.7 Å². The van der Waals surface area contributed by atoms with Gasteiger partial charge in [0.15, 0.2) is 0 Å². The van der Waals surface area contributed by atoms with Crippen molar-refractivity contribution in [3.05, 3.63) is 53.6 Å². The number of aromatic hydroxyl groups is 1. The smallest absolute Gasteiger partial charge is 0.342 e. The molecule has 6 heteroatoms. The lowest BCUT2D eigenvalue weighted by Crippen LogP contribution is -2.43. The van der Waals surface area contributed by atoms with Crippen LogP contribution in [0.25, 0.3) is 22.3 Å². The summed E-state index contributed by atoms with van der Waals surface area (Å²) in [5.74, 6) is 0.187. The molecule has 2 aliphatic rings. The van der Waals surface area contributed by atoms with Crippen LogP contribution < -0.4 is 0 Å². The van der Waals surface area contributed by atoms with E-state index >= 15 is 0 Å². The number of likely N-dealkylation sites (tertiary alicyclic amines) is 1. The van der Waals surface area contributed by atoms with Crippen molar-refractivity contribution in [3.63, 3.8) is 0 Å². The third kappa shape index (κ3) is 3.67. The van der Waals surface area contributed by atoms with E-state index < -0.39 is 5.97 Å². The number of hydrogen-bond acceptors (Lipinski definition) is 6. The largest absolute Gasteiger partial charge is 0.508 e. The number of rotatable bonds is 6. The number of carbonyl (C=O) groups excluding carboxylic acids is 1. The van der Waals surface area contributed by atoms with Crippen molar-refractivity contribution in [1.82, 2.24) is 4.90 Å². The zero-order valence-electron chi connectivity index (χ0n) is 18.3. The monoisotopic (exact) mass is 435 g/mol. The Labute approximate surface area is 187 Å². The number of hydrogen-bond donors (Lipinski definition) is 2. The molecule has 5 rings (SSSR count). The van der Waals surface area contributed by atoms with Crippen molar-refractivity contribution in [2.45, 2.75) is 38.7 Å². The second-order valence-electron chi connectivity index (χ2n) is 9.17. The maximum Gasteiger partial charge on any atom is 0.342 e. The molecule has 2 N–H and O–H groups in total. The van der Waals surface area contributed by atoms with Crippen molar-refractivity contribution in [3.8, 4) is 17.1 Å². The molecular formula is C26H29NO5. The van der Waals surface area contributed by atoms with Gasteiger partial charge in [-0.1, -0.05) is 30.3 Å². The van der Waals surface area contributed by atoms with Crippen molar-refractivity contribution in [1.29, 1.82) is 0 Å². The standard InChI is InChI=1S/C26H29NO5/c1-2-31-25(30)23-22-19(10-12-27-13-11-26(16-27)14-18(28)15-26)20(29)8-9-21(22)32-24(23)17-6-4-3-5-7-17/h3-9,18,28-29H,2,10-16H2,1H3. The number of benzene rings is 2. The number of carbonyl (C=O) groups is 1. The molecule has 168 valence electrons. The first-order valence-electron chi connectivity index (χ1n) is 11.4. The predicted molar refractivity (Wildman–Crippen MR) is 122 cm³/mol. The molecule has 32 heavy (non-hydrogen) atoms. The lowest BCUT2D eigenvalue weighted by Gasteiger charge is -2.42. The Morgan fingerprint density at radius 1 is 1.22 bits per heavy atom. The van der Waals surface area contributed by atoms with E-state index in [0.717, 1.165) is 44.5 Å². The Morgan fingerprint density at radius 2 is 2.00 bits per heavy atom. The number of aliphatic hydroxyl groups is 1. The minimum Gasteiger partial charge on any atom is -0.508 e. The summed E-state index contributed by atoms with van der Waals surface area (Å²) in [7, 11) is 0. The highest BCUT2D eigenvalue weighted by Gasteiger charge is 2.47. The molecule has 0 unspecified atom stereocenters. The Kier molecular flexibility index (Phi) is 5.43. The van der Waals surface area contributed by atoms with Crippen molar-refractivity contribution < 1.29 is 24.2 Å². The highest BCUT2D eigenvalue weighted by molar-refractivity contribution is 6.10. The predicted octanol–water partition coefficient (Wildman–Crippen LogP) is 4.37. The van der Waals surface area contributed by atoms with Crippen LogP contribution in [0.5, 0.6) is 5.75 Å². The average molecular weight is 436 g/mol. The van der Waals surface area contributed by atoms with E-state index in [0.29, 0.717) is 34.3 Å². The highest BCUT2D eigenvalue weighted by atomic mass is 16.5. The number of furan rings is 1. The molecule has 1 aromatic heterocycles. The molecule has 6 nitrogen and oxygen atoms in total. The summed E-state index contributed by atoms with van der Waals surface area (Å²) in [5.41, 5.74) is 2.71. The van der Waals surface area contributed by atoms with Crippen molar-refractivity contribution in [2.24, 2.45) is 5.41 Å². The van der Waals surface area contributed by atoms with Crippen LogP contribution in [0, 0.1) is 5.41 Å². The number of aliphatic hydroxyl groups excluding tert-OH is 1. The molecule has 1 saturated carbocycles. The minimum absolute atomic E-state index is 0.151. The molecule has 0 amide bonds. The molecule has 2 heterocycles. The Balaban J connectivity index is 1.50. The van der Waals surface area contributed by atoms with E-state index in [4.69, 9.17) is 9.15 Å². The molecule has 1 saturated heterocycles. The van der Waals surface area contributed by atoms with E-state index in [9.17, 15) is 15.0 Å². The first kappa shape index (κ1) is 21.0. The topological polar surface area (TPSA) is 83.1 Å². The maximum atomic E-state index is 13.0. The van der Waals surface area contributed by atoms with Crippen LogP contribution in [0.4, 0.5) is 0 Å². The van der Waals surface area contributed by atoms with Gasteiger partial charge >= 0.3 is 5.97 Å². The number of esters is 1. The van der Waals surface area contributed by atoms with Crippen LogP contribution >= 0.6 is 0 Å².